The first-order valence-electron chi connectivity index (χ1n) is 9.42. The maximum Gasteiger partial charge on any atom is 0.261 e. The number of sulfonamides is 1. The Morgan fingerprint density at radius 3 is 2.41 bits per heavy atom. The molecule has 1 saturated carbocycles. The van der Waals surface area contributed by atoms with Gasteiger partial charge in [0.25, 0.3) is 10.0 Å². The summed E-state index contributed by atoms with van der Waals surface area (Å²) in [6.45, 7) is 5.03. The van der Waals surface area contributed by atoms with E-state index >= 15 is 0 Å². The van der Waals surface area contributed by atoms with Crippen molar-refractivity contribution in [3.63, 3.8) is 0 Å². The highest BCUT2D eigenvalue weighted by Crippen LogP contribution is 2.25. The van der Waals surface area contributed by atoms with E-state index in [9.17, 15) is 8.42 Å². The molecule has 1 aromatic carbocycles. The summed E-state index contributed by atoms with van der Waals surface area (Å²) < 4.78 is 33.6. The van der Waals surface area contributed by atoms with Crippen LogP contribution in [0.1, 0.15) is 39.5 Å². The number of benzene rings is 1. The summed E-state index contributed by atoms with van der Waals surface area (Å²) in [5, 5.41) is 3.20. The summed E-state index contributed by atoms with van der Waals surface area (Å²) in [4.78, 5) is 4.44. The zero-order chi connectivity index (χ0) is 19.3. The number of nitrogens with zero attached hydrogens (tertiary/aromatic N) is 1. The lowest BCUT2D eigenvalue weighted by molar-refractivity contribution is 0.210. The Bertz CT molecular complexity index is 828. The number of aromatic nitrogens is 1. The Morgan fingerprint density at radius 2 is 1.81 bits per heavy atom. The molecule has 2 aromatic rings. The third-order valence-corrected chi connectivity index (χ3v) is 5.84. The van der Waals surface area contributed by atoms with Gasteiger partial charge >= 0.3 is 0 Å². The largest absolute Gasteiger partial charge is 0.490 e. The summed E-state index contributed by atoms with van der Waals surface area (Å²) in [5.74, 6) is 1.94. The standard InChI is InChI=1S/C20H27N3O3S/c1-15(2)13-21-20-12-7-16(14-22-20)23-27(24,25)19-10-8-18(9-11-19)26-17-5-3-4-6-17/h7-12,14-15,17,23H,3-6,13H2,1-2H3,(H,21,22). The van der Waals surface area contributed by atoms with Crippen LogP contribution in [0.4, 0.5) is 11.5 Å². The molecule has 0 atom stereocenters. The summed E-state index contributed by atoms with van der Waals surface area (Å²) in [7, 11) is -3.66. The second kappa shape index (κ2) is 8.61. The van der Waals surface area contributed by atoms with Crippen LogP contribution in [0, 0.1) is 5.92 Å². The van der Waals surface area contributed by atoms with Crippen molar-refractivity contribution in [1.82, 2.24) is 4.98 Å². The van der Waals surface area contributed by atoms with Gasteiger partial charge in [-0.15, -0.1) is 0 Å². The molecule has 6 nitrogen and oxygen atoms in total. The lowest BCUT2D eigenvalue weighted by atomic mass is 10.2. The first-order chi connectivity index (χ1) is 12.9. The predicted octanol–water partition coefficient (Wildman–Crippen LogP) is 4.27. The number of rotatable bonds is 8. The topological polar surface area (TPSA) is 80.3 Å². The quantitative estimate of drug-likeness (QED) is 0.705. The fraction of sp³-hybridized carbons (Fsp3) is 0.450. The van der Waals surface area contributed by atoms with Crippen LogP contribution in [0.2, 0.25) is 0 Å². The zero-order valence-corrected chi connectivity index (χ0v) is 16.6. The molecule has 1 heterocycles. The fourth-order valence-corrected chi connectivity index (χ4v) is 4.02. The first kappa shape index (κ1) is 19.5. The molecule has 1 aliphatic carbocycles. The van der Waals surface area contributed by atoms with E-state index in [1.54, 1.807) is 36.4 Å². The Balaban J connectivity index is 1.61. The van der Waals surface area contributed by atoms with Crippen LogP contribution in [-0.2, 0) is 10.0 Å². The van der Waals surface area contributed by atoms with Gasteiger partial charge < -0.3 is 10.1 Å². The van der Waals surface area contributed by atoms with Crippen LogP contribution in [0.25, 0.3) is 0 Å². The Hall–Kier alpha value is -2.28. The van der Waals surface area contributed by atoms with E-state index in [4.69, 9.17) is 4.74 Å². The Kier molecular flexibility index (Phi) is 6.21. The number of hydrogen-bond acceptors (Lipinski definition) is 5. The molecule has 3 rings (SSSR count). The minimum atomic E-state index is -3.66. The Morgan fingerprint density at radius 1 is 1.11 bits per heavy atom. The maximum atomic E-state index is 12.6. The van der Waals surface area contributed by atoms with E-state index < -0.39 is 10.0 Å². The molecule has 27 heavy (non-hydrogen) atoms. The van der Waals surface area contributed by atoms with Gasteiger partial charge in [-0.25, -0.2) is 13.4 Å². The van der Waals surface area contributed by atoms with E-state index in [1.165, 1.54) is 19.0 Å². The fourth-order valence-electron chi connectivity index (χ4n) is 2.98. The van der Waals surface area contributed by atoms with Crippen molar-refractivity contribution in [2.24, 2.45) is 5.92 Å². The molecule has 1 fully saturated rings. The molecule has 0 amide bonds. The third kappa shape index (κ3) is 5.60. The van der Waals surface area contributed by atoms with Gasteiger partial charge in [0.05, 0.1) is 22.9 Å². The molecule has 0 radical (unpaired) electrons. The molecular weight excluding hydrogens is 362 g/mol. The van der Waals surface area contributed by atoms with E-state index in [0.717, 1.165) is 25.2 Å². The van der Waals surface area contributed by atoms with Crippen molar-refractivity contribution in [1.29, 1.82) is 0 Å². The van der Waals surface area contributed by atoms with Gasteiger partial charge in [-0.3, -0.25) is 4.72 Å². The SMILES string of the molecule is CC(C)CNc1ccc(NS(=O)(=O)c2ccc(OC3CCCC3)cc2)cn1. The number of ether oxygens (including phenoxy) is 1. The van der Waals surface area contributed by atoms with Gasteiger partial charge in [0.15, 0.2) is 0 Å². The average Bonchev–Trinajstić information content (AvgIpc) is 3.14. The highest BCUT2D eigenvalue weighted by atomic mass is 32.2. The molecule has 0 saturated heterocycles. The molecule has 0 spiro atoms. The van der Waals surface area contributed by atoms with Crippen LogP contribution < -0.4 is 14.8 Å². The van der Waals surface area contributed by atoms with Crippen LogP contribution in [0.3, 0.4) is 0 Å². The van der Waals surface area contributed by atoms with Crippen molar-refractivity contribution in [2.75, 3.05) is 16.6 Å². The smallest absolute Gasteiger partial charge is 0.261 e. The zero-order valence-electron chi connectivity index (χ0n) is 15.8. The predicted molar refractivity (Wildman–Crippen MR) is 108 cm³/mol. The molecule has 1 aliphatic rings. The first-order valence-corrected chi connectivity index (χ1v) is 10.9. The highest BCUT2D eigenvalue weighted by molar-refractivity contribution is 7.92. The molecular formula is C20H27N3O3S. The van der Waals surface area contributed by atoms with Gasteiger partial charge in [0, 0.05) is 6.54 Å². The minimum absolute atomic E-state index is 0.197. The maximum absolute atomic E-state index is 12.6. The minimum Gasteiger partial charge on any atom is -0.490 e. The van der Waals surface area contributed by atoms with Crippen LogP contribution >= 0.6 is 0 Å². The number of hydrogen-bond donors (Lipinski definition) is 2. The summed E-state index contributed by atoms with van der Waals surface area (Å²) in [6.07, 6.45) is 6.28. The van der Waals surface area contributed by atoms with Crippen LogP contribution in [-0.4, -0.2) is 26.1 Å². The van der Waals surface area contributed by atoms with Gasteiger partial charge in [0.1, 0.15) is 11.6 Å². The van der Waals surface area contributed by atoms with Crippen molar-refractivity contribution in [2.45, 2.75) is 50.5 Å². The number of pyridine rings is 1. The average molecular weight is 390 g/mol. The Labute approximate surface area is 161 Å². The van der Waals surface area contributed by atoms with Crippen molar-refractivity contribution in [3.05, 3.63) is 42.6 Å². The van der Waals surface area contributed by atoms with Crippen LogP contribution in [0.15, 0.2) is 47.5 Å². The van der Waals surface area contributed by atoms with Gasteiger partial charge in [-0.05, 0) is 68.0 Å². The van der Waals surface area contributed by atoms with E-state index in [-0.39, 0.29) is 11.0 Å². The van der Waals surface area contributed by atoms with Crippen LogP contribution in [0.5, 0.6) is 5.75 Å². The molecule has 1 aromatic heterocycles. The normalized spacial score (nSPS) is 15.1. The highest BCUT2D eigenvalue weighted by Gasteiger charge is 2.18. The van der Waals surface area contributed by atoms with Crippen molar-refractivity contribution in [3.8, 4) is 5.75 Å². The summed E-state index contributed by atoms with van der Waals surface area (Å²) >= 11 is 0. The van der Waals surface area contributed by atoms with E-state index in [2.05, 4.69) is 28.9 Å². The molecule has 146 valence electrons. The summed E-state index contributed by atoms with van der Waals surface area (Å²) in [5.41, 5.74) is 0.427. The second-order valence-corrected chi connectivity index (χ2v) is 8.99. The van der Waals surface area contributed by atoms with E-state index in [0.29, 0.717) is 17.4 Å². The monoisotopic (exact) mass is 389 g/mol. The van der Waals surface area contributed by atoms with E-state index in [1.807, 2.05) is 0 Å². The molecule has 0 unspecified atom stereocenters. The molecule has 7 heteroatoms. The molecule has 0 aliphatic heterocycles. The lowest BCUT2D eigenvalue weighted by Crippen LogP contribution is -2.14. The molecule has 0 bridgehead atoms. The summed E-state index contributed by atoms with van der Waals surface area (Å²) in [6, 6.07) is 10.0. The van der Waals surface area contributed by atoms with Crippen molar-refractivity contribution >= 4 is 21.5 Å². The number of anilines is 2. The van der Waals surface area contributed by atoms with Gasteiger partial charge in [-0.1, -0.05) is 13.8 Å². The van der Waals surface area contributed by atoms with Gasteiger partial charge in [0.2, 0.25) is 0 Å². The van der Waals surface area contributed by atoms with Crippen molar-refractivity contribution < 1.29 is 13.2 Å². The molecule has 2 N–H and O–H groups in total. The van der Waals surface area contributed by atoms with Gasteiger partial charge in [-0.2, -0.15) is 0 Å². The number of nitrogens with one attached hydrogen (secondary N) is 2. The second-order valence-electron chi connectivity index (χ2n) is 7.31. The third-order valence-electron chi connectivity index (χ3n) is 4.45. The lowest BCUT2D eigenvalue weighted by Gasteiger charge is -2.14.